The number of carboxylic acid groups (broad SMARTS) is 1. The second-order valence-electron chi connectivity index (χ2n) is 13.7. The first kappa shape index (κ1) is 27.1. The molecule has 0 bridgehead atoms. The molecule has 1 saturated heterocycles. The molecule has 1 amide bonds. The maximum Gasteiger partial charge on any atom is 0.407 e. The summed E-state index contributed by atoms with van der Waals surface area (Å²) in [5.74, 6) is 0.849. The molecule has 0 unspecified atom stereocenters. The Morgan fingerprint density at radius 3 is 2.59 bits per heavy atom. The van der Waals surface area contributed by atoms with Crippen LogP contribution in [0.3, 0.4) is 0 Å². The van der Waals surface area contributed by atoms with E-state index in [9.17, 15) is 19.8 Å². The van der Waals surface area contributed by atoms with E-state index in [0.717, 1.165) is 83.0 Å². The van der Waals surface area contributed by atoms with Crippen LogP contribution in [0.5, 0.6) is 0 Å². The molecule has 2 heterocycles. The van der Waals surface area contributed by atoms with Gasteiger partial charge in [-0.25, -0.2) is 9.59 Å². The highest BCUT2D eigenvalue weighted by Crippen LogP contribution is 2.70. The fraction of sp³-hybridized carbons (Fsp3) is 0.750. The van der Waals surface area contributed by atoms with Crippen LogP contribution >= 0.6 is 0 Å². The Labute approximate surface area is 232 Å². The van der Waals surface area contributed by atoms with Crippen molar-refractivity contribution in [2.75, 3.05) is 26.2 Å². The van der Waals surface area contributed by atoms with Crippen molar-refractivity contribution in [1.82, 2.24) is 9.80 Å². The number of likely N-dealkylation sites (tertiary alicyclic amines) is 1. The van der Waals surface area contributed by atoms with E-state index in [2.05, 4.69) is 24.8 Å². The molecule has 1 aliphatic heterocycles. The summed E-state index contributed by atoms with van der Waals surface area (Å²) in [6.07, 6.45) is 14.0. The second-order valence-corrected chi connectivity index (χ2v) is 13.7. The summed E-state index contributed by atoms with van der Waals surface area (Å²) in [6, 6.07) is 3.36. The minimum absolute atomic E-state index is 0.0217. The molecule has 7 heteroatoms. The molecule has 0 spiro atoms. The Morgan fingerprint density at radius 2 is 1.87 bits per heavy atom. The average molecular weight is 539 g/mol. The number of carbonyl (C=O) groups is 1. The third kappa shape index (κ3) is 4.39. The average Bonchev–Trinajstić information content (AvgIpc) is 3.52. The van der Waals surface area contributed by atoms with E-state index in [1.807, 2.05) is 6.07 Å². The van der Waals surface area contributed by atoms with Crippen LogP contribution in [0.25, 0.3) is 0 Å². The van der Waals surface area contributed by atoms with E-state index in [1.54, 1.807) is 11.2 Å². The first-order valence-corrected chi connectivity index (χ1v) is 15.4. The molecule has 3 saturated carbocycles. The van der Waals surface area contributed by atoms with Gasteiger partial charge in [0.15, 0.2) is 0 Å². The summed E-state index contributed by atoms with van der Waals surface area (Å²) >= 11 is 0. The van der Waals surface area contributed by atoms with E-state index in [1.165, 1.54) is 24.5 Å². The Kier molecular flexibility index (Phi) is 6.98. The van der Waals surface area contributed by atoms with Crippen LogP contribution in [0.15, 0.2) is 39.3 Å². The molecular formula is C32H46N2O5. The third-order valence-electron chi connectivity index (χ3n) is 12.1. The van der Waals surface area contributed by atoms with Crippen molar-refractivity contribution in [2.45, 2.75) is 102 Å². The predicted octanol–water partition coefficient (Wildman–Crippen LogP) is 5.64. The zero-order valence-corrected chi connectivity index (χ0v) is 23.7. The van der Waals surface area contributed by atoms with Crippen molar-refractivity contribution in [3.8, 4) is 0 Å². The maximum absolute atomic E-state index is 12.5. The number of aliphatic hydroxyl groups is 1. The van der Waals surface area contributed by atoms with Gasteiger partial charge < -0.3 is 24.4 Å². The Hall–Kier alpha value is -2.12. The molecule has 1 aromatic rings. The van der Waals surface area contributed by atoms with Crippen LogP contribution in [0.2, 0.25) is 0 Å². The molecule has 4 fully saturated rings. The lowest BCUT2D eigenvalue weighted by Crippen LogP contribution is -2.60. The minimum Gasteiger partial charge on any atom is -0.465 e. The number of hydrogen-bond acceptors (Lipinski definition) is 5. The molecule has 1 aromatic heterocycles. The summed E-state index contributed by atoms with van der Waals surface area (Å²) in [6.45, 7) is 8.55. The van der Waals surface area contributed by atoms with Gasteiger partial charge in [0.25, 0.3) is 0 Å². The number of fused-ring (bicyclic) bond motifs is 5. The minimum atomic E-state index is -0.799. The first-order chi connectivity index (χ1) is 18.7. The van der Waals surface area contributed by atoms with Crippen molar-refractivity contribution in [2.24, 2.45) is 22.7 Å². The molecule has 5 aliphatic rings. The molecular weight excluding hydrogens is 492 g/mol. The highest BCUT2D eigenvalue weighted by Gasteiger charge is 2.66. The van der Waals surface area contributed by atoms with Crippen LogP contribution in [-0.2, 0) is 0 Å². The van der Waals surface area contributed by atoms with Gasteiger partial charge in [0.05, 0.1) is 17.9 Å². The fourth-order valence-corrected chi connectivity index (χ4v) is 9.90. The predicted molar refractivity (Wildman–Crippen MR) is 150 cm³/mol. The Balaban J connectivity index is 1.19. The molecule has 4 aliphatic carbocycles. The van der Waals surface area contributed by atoms with Crippen LogP contribution in [0, 0.1) is 22.7 Å². The van der Waals surface area contributed by atoms with E-state index >= 15 is 0 Å². The zero-order valence-electron chi connectivity index (χ0n) is 23.7. The Bertz CT molecular complexity index is 1150. The summed E-state index contributed by atoms with van der Waals surface area (Å²) in [5, 5.41) is 22.5. The number of rotatable bonds is 6. The molecule has 6 rings (SSSR count). The van der Waals surface area contributed by atoms with Gasteiger partial charge in [-0.15, -0.1) is 0 Å². The lowest BCUT2D eigenvalue weighted by atomic mass is 9.45. The van der Waals surface area contributed by atoms with Gasteiger partial charge in [-0.3, -0.25) is 0 Å². The standard InChI is InChI=1S/C32H46N2O5/c1-30-13-10-24(34(29(36)37)19-5-18-33-16-3-4-17-33)20-23(30)7-8-27-26(30)11-14-31(2)25(12-15-32(27,31)38)22-6-9-28(35)39-21-22/h6,9,20-21,24-27,38H,3-5,7-8,10-19H2,1-2H3,(H,36,37)/t24-,25+,26-,27+,30-,31+,32-/m0/s1. The van der Waals surface area contributed by atoms with Crippen LogP contribution in [-0.4, -0.2) is 63.9 Å². The highest BCUT2D eigenvalue weighted by molar-refractivity contribution is 5.66. The van der Waals surface area contributed by atoms with Crippen molar-refractivity contribution in [3.63, 3.8) is 0 Å². The van der Waals surface area contributed by atoms with E-state index in [-0.39, 0.29) is 34.3 Å². The molecule has 39 heavy (non-hydrogen) atoms. The summed E-state index contributed by atoms with van der Waals surface area (Å²) in [4.78, 5) is 28.0. The van der Waals surface area contributed by atoms with Crippen LogP contribution in [0.4, 0.5) is 4.79 Å². The maximum atomic E-state index is 12.5. The van der Waals surface area contributed by atoms with Gasteiger partial charge in [-0.1, -0.05) is 25.5 Å². The number of allylic oxidation sites excluding steroid dienone is 1. The van der Waals surface area contributed by atoms with Crippen molar-refractivity contribution < 1.29 is 19.4 Å². The van der Waals surface area contributed by atoms with E-state index in [4.69, 9.17) is 4.42 Å². The van der Waals surface area contributed by atoms with E-state index < -0.39 is 11.7 Å². The lowest BCUT2D eigenvalue weighted by Gasteiger charge is -2.62. The monoisotopic (exact) mass is 538 g/mol. The van der Waals surface area contributed by atoms with Gasteiger partial charge >= 0.3 is 11.7 Å². The molecule has 0 radical (unpaired) electrons. The second kappa shape index (κ2) is 10.1. The van der Waals surface area contributed by atoms with Crippen LogP contribution < -0.4 is 5.63 Å². The first-order valence-electron chi connectivity index (χ1n) is 15.4. The van der Waals surface area contributed by atoms with Gasteiger partial charge in [-0.2, -0.15) is 0 Å². The molecule has 214 valence electrons. The molecule has 2 N–H and O–H groups in total. The normalized spacial score (nSPS) is 39.9. The van der Waals surface area contributed by atoms with Crippen LogP contribution in [0.1, 0.15) is 96.0 Å². The van der Waals surface area contributed by atoms with Crippen molar-refractivity contribution in [1.29, 1.82) is 0 Å². The van der Waals surface area contributed by atoms with Gasteiger partial charge in [-0.05, 0) is 125 Å². The smallest absolute Gasteiger partial charge is 0.407 e. The quantitative estimate of drug-likeness (QED) is 0.456. The van der Waals surface area contributed by atoms with Gasteiger partial charge in [0.1, 0.15) is 0 Å². The number of amides is 1. The number of nitrogens with zero attached hydrogens (tertiary/aromatic N) is 2. The summed E-state index contributed by atoms with van der Waals surface area (Å²) in [5.41, 5.74) is 1.19. The third-order valence-corrected chi connectivity index (χ3v) is 12.1. The topological polar surface area (TPSA) is 94.2 Å². The lowest BCUT2D eigenvalue weighted by molar-refractivity contribution is -0.177. The molecule has 7 nitrogen and oxygen atoms in total. The molecule has 0 aromatic carbocycles. The largest absolute Gasteiger partial charge is 0.465 e. The van der Waals surface area contributed by atoms with Crippen molar-refractivity contribution >= 4 is 6.09 Å². The van der Waals surface area contributed by atoms with E-state index in [0.29, 0.717) is 12.5 Å². The van der Waals surface area contributed by atoms with Gasteiger partial charge in [0.2, 0.25) is 0 Å². The Morgan fingerprint density at radius 1 is 1.08 bits per heavy atom. The molecule has 7 atom stereocenters. The SMILES string of the molecule is C[C@]12CC[C@H](N(CCCN3CCCC3)C(=O)O)C=C1CC[C@@H]1[C@@H]2CC[C@]2(C)[C@@H](c3ccc(=O)oc3)CC[C@]12O. The summed E-state index contributed by atoms with van der Waals surface area (Å²) in [7, 11) is 0. The zero-order chi connectivity index (χ0) is 27.4. The summed E-state index contributed by atoms with van der Waals surface area (Å²) < 4.78 is 5.23. The van der Waals surface area contributed by atoms with Crippen molar-refractivity contribution in [3.05, 3.63) is 46.0 Å². The highest BCUT2D eigenvalue weighted by atomic mass is 16.4. The number of hydrogen-bond donors (Lipinski definition) is 2. The fourth-order valence-electron chi connectivity index (χ4n) is 9.90. The van der Waals surface area contributed by atoms with Gasteiger partial charge in [0, 0.05) is 18.0 Å².